The van der Waals surface area contributed by atoms with E-state index in [-0.39, 0.29) is 23.4 Å². The average molecular weight is 425 g/mol. The van der Waals surface area contributed by atoms with Gasteiger partial charge in [0.1, 0.15) is 0 Å². The van der Waals surface area contributed by atoms with Crippen molar-refractivity contribution < 1.29 is 13.2 Å². The number of sulfonamides is 1. The van der Waals surface area contributed by atoms with Gasteiger partial charge in [-0.15, -0.1) is 0 Å². The summed E-state index contributed by atoms with van der Waals surface area (Å²) in [6, 6.07) is 14.7. The molecule has 0 saturated heterocycles. The van der Waals surface area contributed by atoms with Gasteiger partial charge in [-0.1, -0.05) is 18.2 Å². The molecule has 0 spiro atoms. The molecule has 1 aromatic heterocycles. The summed E-state index contributed by atoms with van der Waals surface area (Å²) in [4.78, 5) is 13.9. The van der Waals surface area contributed by atoms with Crippen molar-refractivity contribution >= 4 is 21.6 Å². The average Bonchev–Trinajstić information content (AvgIpc) is 3.31. The van der Waals surface area contributed by atoms with E-state index in [0.29, 0.717) is 6.42 Å². The van der Waals surface area contributed by atoms with Gasteiger partial charge in [-0.2, -0.15) is 9.40 Å². The van der Waals surface area contributed by atoms with Crippen LogP contribution in [0.3, 0.4) is 0 Å². The Balaban J connectivity index is 1.55. The number of nitrogens with zero attached hydrogens (tertiary/aromatic N) is 4. The number of benzene rings is 2. The van der Waals surface area contributed by atoms with Crippen LogP contribution in [0, 0.1) is 0 Å². The molecule has 0 unspecified atom stereocenters. The highest BCUT2D eigenvalue weighted by Crippen LogP contribution is 2.34. The summed E-state index contributed by atoms with van der Waals surface area (Å²) in [6.07, 6.45) is 4.15. The molecular formula is C22H24N4O3S. The van der Waals surface area contributed by atoms with Crippen molar-refractivity contribution in [2.45, 2.75) is 37.8 Å². The van der Waals surface area contributed by atoms with E-state index in [4.69, 9.17) is 0 Å². The van der Waals surface area contributed by atoms with Gasteiger partial charge in [-0.3, -0.25) is 4.79 Å². The number of hydrogen-bond donors (Lipinski definition) is 0. The van der Waals surface area contributed by atoms with Gasteiger partial charge in [-0.05, 0) is 49.2 Å². The summed E-state index contributed by atoms with van der Waals surface area (Å²) in [5, 5.41) is 4.33. The zero-order chi connectivity index (χ0) is 21.5. The lowest BCUT2D eigenvalue weighted by atomic mass is 10.1. The Labute approximate surface area is 176 Å². The van der Waals surface area contributed by atoms with Gasteiger partial charge in [-0.25, -0.2) is 13.1 Å². The monoisotopic (exact) mass is 424 g/mol. The third kappa shape index (κ3) is 3.64. The molecule has 30 heavy (non-hydrogen) atoms. The first kappa shape index (κ1) is 20.3. The molecule has 2 heterocycles. The van der Waals surface area contributed by atoms with E-state index >= 15 is 0 Å². The van der Waals surface area contributed by atoms with E-state index in [1.165, 1.54) is 11.2 Å². The number of para-hydroxylation sites is 1. The number of anilines is 1. The maximum absolute atomic E-state index is 13.1. The Hall–Kier alpha value is -2.97. The zero-order valence-corrected chi connectivity index (χ0v) is 18.0. The Morgan fingerprint density at radius 3 is 2.63 bits per heavy atom. The van der Waals surface area contributed by atoms with Crippen LogP contribution in [-0.2, 0) is 27.8 Å². The summed E-state index contributed by atoms with van der Waals surface area (Å²) >= 11 is 0. The van der Waals surface area contributed by atoms with Crippen LogP contribution >= 0.6 is 0 Å². The van der Waals surface area contributed by atoms with Gasteiger partial charge in [0, 0.05) is 44.0 Å². The number of amides is 1. The van der Waals surface area contributed by atoms with Crippen LogP contribution in [0.25, 0.3) is 5.69 Å². The van der Waals surface area contributed by atoms with Crippen LogP contribution in [0.1, 0.15) is 25.0 Å². The Kier molecular flexibility index (Phi) is 5.21. The van der Waals surface area contributed by atoms with E-state index in [0.717, 1.165) is 22.5 Å². The molecule has 2 aromatic carbocycles. The largest absolute Gasteiger partial charge is 0.309 e. The molecule has 1 atom stereocenters. The third-order valence-corrected chi connectivity index (χ3v) is 7.18. The first-order valence-electron chi connectivity index (χ1n) is 9.75. The molecule has 0 N–H and O–H groups in total. The van der Waals surface area contributed by atoms with E-state index < -0.39 is 10.0 Å². The minimum atomic E-state index is -3.68. The van der Waals surface area contributed by atoms with Gasteiger partial charge in [0.15, 0.2) is 0 Å². The van der Waals surface area contributed by atoms with Crippen LogP contribution in [0.15, 0.2) is 65.8 Å². The zero-order valence-electron chi connectivity index (χ0n) is 17.2. The maximum atomic E-state index is 13.1. The highest BCUT2D eigenvalue weighted by atomic mass is 32.2. The molecule has 0 radical (unpaired) electrons. The van der Waals surface area contributed by atoms with Crippen LogP contribution in [0.2, 0.25) is 0 Å². The predicted octanol–water partition coefficient (Wildman–Crippen LogP) is 2.99. The molecule has 3 aromatic rings. The summed E-state index contributed by atoms with van der Waals surface area (Å²) in [5.74, 6) is -0.0376. The van der Waals surface area contributed by atoms with Gasteiger partial charge in [0.05, 0.1) is 16.8 Å². The van der Waals surface area contributed by atoms with Crippen LogP contribution in [0.5, 0.6) is 0 Å². The topological polar surface area (TPSA) is 75.5 Å². The van der Waals surface area contributed by atoms with Crippen molar-refractivity contribution in [1.29, 1.82) is 0 Å². The molecule has 1 amide bonds. The molecule has 156 valence electrons. The molecule has 0 aliphatic carbocycles. The SMILES string of the molecule is CC(=O)N1c2ccc(S(=O)(=O)N(C)Cc3cnn(-c4ccccc4)c3)cc2C[C@@H]1C. The second-order valence-electron chi connectivity index (χ2n) is 7.62. The van der Waals surface area contributed by atoms with Crippen molar-refractivity contribution in [2.75, 3.05) is 11.9 Å². The minimum Gasteiger partial charge on any atom is -0.309 e. The summed E-state index contributed by atoms with van der Waals surface area (Å²) in [7, 11) is -2.11. The van der Waals surface area contributed by atoms with Crippen LogP contribution in [0.4, 0.5) is 5.69 Å². The molecular weight excluding hydrogens is 400 g/mol. The Morgan fingerprint density at radius 1 is 1.20 bits per heavy atom. The first-order chi connectivity index (χ1) is 14.3. The number of carbonyl (C=O) groups is 1. The Bertz CT molecular complexity index is 1190. The molecule has 0 saturated carbocycles. The molecule has 4 rings (SSSR count). The van der Waals surface area contributed by atoms with E-state index in [1.807, 2.05) is 43.5 Å². The highest BCUT2D eigenvalue weighted by Gasteiger charge is 2.31. The van der Waals surface area contributed by atoms with Gasteiger partial charge in [0.25, 0.3) is 0 Å². The van der Waals surface area contributed by atoms with Crippen molar-refractivity contribution in [3.05, 3.63) is 72.1 Å². The lowest BCUT2D eigenvalue weighted by Crippen LogP contribution is -2.33. The van der Waals surface area contributed by atoms with Gasteiger partial charge in [0.2, 0.25) is 15.9 Å². The molecule has 8 heteroatoms. The minimum absolute atomic E-state index is 0.0250. The van der Waals surface area contributed by atoms with Crippen molar-refractivity contribution in [1.82, 2.24) is 14.1 Å². The number of aromatic nitrogens is 2. The smallest absolute Gasteiger partial charge is 0.243 e. The van der Waals surface area contributed by atoms with E-state index in [1.54, 1.807) is 41.0 Å². The lowest BCUT2D eigenvalue weighted by molar-refractivity contribution is -0.116. The molecule has 0 fully saturated rings. The van der Waals surface area contributed by atoms with Crippen LogP contribution < -0.4 is 4.90 Å². The van der Waals surface area contributed by atoms with Crippen molar-refractivity contribution in [2.24, 2.45) is 0 Å². The maximum Gasteiger partial charge on any atom is 0.243 e. The number of carbonyl (C=O) groups excluding carboxylic acids is 1. The quantitative estimate of drug-likeness (QED) is 0.631. The molecule has 0 bridgehead atoms. The molecule has 1 aliphatic rings. The summed E-state index contributed by atoms with van der Waals surface area (Å²) in [6.45, 7) is 3.70. The standard InChI is InChI=1S/C22H24N4O3S/c1-16-11-19-12-21(9-10-22(19)26(16)17(2)27)30(28,29)24(3)14-18-13-23-25(15-18)20-7-5-4-6-8-20/h4-10,12-13,15-16H,11,14H2,1-3H3/t16-/m0/s1. The molecule has 1 aliphatic heterocycles. The summed E-state index contributed by atoms with van der Waals surface area (Å²) in [5.41, 5.74) is 3.38. The van der Waals surface area contributed by atoms with Gasteiger partial charge < -0.3 is 4.90 Å². The van der Waals surface area contributed by atoms with Crippen LogP contribution in [-0.4, -0.2) is 41.5 Å². The Morgan fingerprint density at radius 2 is 1.93 bits per heavy atom. The lowest BCUT2D eigenvalue weighted by Gasteiger charge is -2.21. The number of fused-ring (bicyclic) bond motifs is 1. The summed E-state index contributed by atoms with van der Waals surface area (Å²) < 4.78 is 29.3. The second-order valence-corrected chi connectivity index (χ2v) is 9.67. The normalized spacial score (nSPS) is 16.1. The van der Waals surface area contributed by atoms with Gasteiger partial charge >= 0.3 is 0 Å². The third-order valence-electron chi connectivity index (χ3n) is 5.38. The number of rotatable bonds is 5. The highest BCUT2D eigenvalue weighted by molar-refractivity contribution is 7.89. The molecule has 7 nitrogen and oxygen atoms in total. The fourth-order valence-electron chi connectivity index (χ4n) is 3.93. The fraction of sp³-hybridized carbons (Fsp3) is 0.273. The van der Waals surface area contributed by atoms with Crippen molar-refractivity contribution in [3.63, 3.8) is 0 Å². The predicted molar refractivity (Wildman–Crippen MR) is 115 cm³/mol. The fourth-order valence-corrected chi connectivity index (χ4v) is 5.14. The number of hydrogen-bond acceptors (Lipinski definition) is 4. The first-order valence-corrected chi connectivity index (χ1v) is 11.2. The van der Waals surface area contributed by atoms with E-state index in [9.17, 15) is 13.2 Å². The van der Waals surface area contributed by atoms with E-state index in [2.05, 4.69) is 5.10 Å². The van der Waals surface area contributed by atoms with Crippen molar-refractivity contribution in [3.8, 4) is 5.69 Å². The second kappa shape index (κ2) is 7.70.